The van der Waals surface area contributed by atoms with E-state index in [1.165, 1.54) is 4.31 Å². The van der Waals surface area contributed by atoms with E-state index in [0.717, 1.165) is 35.6 Å². The van der Waals surface area contributed by atoms with Crippen LogP contribution >= 0.6 is 11.8 Å². The third-order valence-electron chi connectivity index (χ3n) is 6.31. The smallest absolute Gasteiger partial charge is 0.312 e. The largest absolute Gasteiger partial charge is 0.491 e. The van der Waals surface area contributed by atoms with Gasteiger partial charge in [0.2, 0.25) is 10.0 Å². The fourth-order valence-corrected chi connectivity index (χ4v) is 6.32. The number of fused-ring (bicyclic) bond motifs is 1. The summed E-state index contributed by atoms with van der Waals surface area (Å²) in [4.78, 5) is 14.7. The number of aliphatic carboxylic acids is 1. The van der Waals surface area contributed by atoms with Gasteiger partial charge in [-0.15, -0.1) is 11.8 Å². The zero-order valence-corrected chi connectivity index (χ0v) is 22.8. The van der Waals surface area contributed by atoms with Crippen molar-refractivity contribution in [2.24, 2.45) is 5.41 Å². The van der Waals surface area contributed by atoms with Gasteiger partial charge in [0.25, 0.3) is 0 Å². The first-order chi connectivity index (χ1) is 16.5. The number of anilines is 2. The Bertz CT molecular complexity index is 1140. The highest BCUT2D eigenvalue weighted by molar-refractivity contribution is 7.99. The van der Waals surface area contributed by atoms with Crippen molar-refractivity contribution in [2.75, 3.05) is 30.9 Å². The number of sulfonamides is 1. The molecule has 0 saturated carbocycles. The van der Waals surface area contributed by atoms with Crippen molar-refractivity contribution in [1.82, 2.24) is 4.31 Å². The molecule has 7 nitrogen and oxygen atoms in total. The molecule has 0 amide bonds. The van der Waals surface area contributed by atoms with Crippen molar-refractivity contribution >= 4 is 39.1 Å². The Morgan fingerprint density at radius 3 is 2.49 bits per heavy atom. The van der Waals surface area contributed by atoms with Gasteiger partial charge in [-0.3, -0.25) is 4.79 Å². The fourth-order valence-electron chi connectivity index (χ4n) is 3.99. The molecular weight excluding hydrogens is 484 g/mol. The number of ether oxygens (including phenoxy) is 1. The number of carboxylic acid groups (broad SMARTS) is 1. The molecule has 3 rings (SSSR count). The number of para-hydroxylation sites is 1. The summed E-state index contributed by atoms with van der Waals surface area (Å²) in [6.07, 6.45) is 2.67. The molecule has 1 N–H and O–H groups in total. The molecule has 0 fully saturated rings. The lowest BCUT2D eigenvalue weighted by molar-refractivity contribution is -0.148. The molecule has 0 aromatic heterocycles. The minimum atomic E-state index is -3.82. The van der Waals surface area contributed by atoms with Crippen molar-refractivity contribution < 1.29 is 23.1 Å². The molecule has 2 aromatic carbocycles. The van der Waals surface area contributed by atoms with Crippen LogP contribution < -0.4 is 9.64 Å². The predicted molar refractivity (Wildman–Crippen MR) is 141 cm³/mol. The summed E-state index contributed by atoms with van der Waals surface area (Å²) in [6.45, 7) is 7.76. The molecule has 1 heterocycles. The van der Waals surface area contributed by atoms with Crippen LogP contribution in [-0.4, -0.2) is 55.8 Å². The van der Waals surface area contributed by atoms with E-state index in [4.69, 9.17) is 4.74 Å². The maximum absolute atomic E-state index is 13.8. The SMILES string of the molecule is CCCC[C@@H]1CN(c2ccccc2)c2cc(SCC)c(OCC(C)(C)C(=O)O)cc2S(=O)(=O)N1C. The maximum atomic E-state index is 13.8. The van der Waals surface area contributed by atoms with Crippen molar-refractivity contribution in [3.63, 3.8) is 0 Å². The number of hydrogen-bond acceptors (Lipinski definition) is 6. The van der Waals surface area contributed by atoms with Crippen molar-refractivity contribution in [2.45, 2.75) is 62.8 Å². The average Bonchev–Trinajstić information content (AvgIpc) is 2.90. The molecule has 0 spiro atoms. The van der Waals surface area contributed by atoms with E-state index in [2.05, 4.69) is 11.8 Å². The number of thioether (sulfide) groups is 1. The molecule has 1 atom stereocenters. The second-order valence-corrected chi connectivity index (χ2v) is 12.7. The third kappa shape index (κ3) is 5.95. The minimum absolute atomic E-state index is 0.0736. The molecule has 1 aliphatic heterocycles. The van der Waals surface area contributed by atoms with Gasteiger partial charge in [0, 0.05) is 31.4 Å². The molecule has 0 aliphatic carbocycles. The van der Waals surface area contributed by atoms with Gasteiger partial charge in [-0.2, -0.15) is 4.31 Å². The third-order valence-corrected chi connectivity index (χ3v) is 9.16. The number of carbonyl (C=O) groups is 1. The average molecular weight is 521 g/mol. The number of carboxylic acids is 1. The molecule has 9 heteroatoms. The summed E-state index contributed by atoms with van der Waals surface area (Å²) in [7, 11) is -2.17. The number of unbranched alkanes of at least 4 members (excludes halogenated alkanes) is 1. The van der Waals surface area contributed by atoms with Crippen molar-refractivity contribution in [3.8, 4) is 5.75 Å². The summed E-state index contributed by atoms with van der Waals surface area (Å²) < 4.78 is 35.2. The quantitative estimate of drug-likeness (QED) is 0.407. The Morgan fingerprint density at radius 1 is 1.20 bits per heavy atom. The predicted octanol–water partition coefficient (Wildman–Crippen LogP) is 5.62. The lowest BCUT2D eigenvalue weighted by Gasteiger charge is -2.29. The van der Waals surface area contributed by atoms with Crippen LogP contribution in [0.3, 0.4) is 0 Å². The van der Waals surface area contributed by atoms with Gasteiger partial charge in [0.05, 0.1) is 16.0 Å². The first kappa shape index (κ1) is 27.4. The van der Waals surface area contributed by atoms with Crippen molar-refractivity contribution in [1.29, 1.82) is 0 Å². The number of benzene rings is 2. The molecule has 0 unspecified atom stereocenters. The van der Waals surface area contributed by atoms with E-state index in [9.17, 15) is 18.3 Å². The van der Waals surface area contributed by atoms with E-state index in [1.807, 2.05) is 43.3 Å². The van der Waals surface area contributed by atoms with Crippen LogP contribution in [0.1, 0.15) is 47.0 Å². The van der Waals surface area contributed by atoms with Gasteiger partial charge in [0.15, 0.2) is 0 Å². The second kappa shape index (κ2) is 11.2. The van der Waals surface area contributed by atoms with Gasteiger partial charge in [-0.05, 0) is 44.2 Å². The van der Waals surface area contributed by atoms with Crippen LogP contribution in [0, 0.1) is 5.41 Å². The van der Waals surface area contributed by atoms with Crippen molar-refractivity contribution in [3.05, 3.63) is 42.5 Å². The summed E-state index contributed by atoms with van der Waals surface area (Å²) in [5.41, 5.74) is 0.425. The zero-order chi connectivity index (χ0) is 25.8. The van der Waals surface area contributed by atoms with Gasteiger partial charge in [-0.25, -0.2) is 8.42 Å². The topological polar surface area (TPSA) is 87.1 Å². The molecule has 2 aromatic rings. The summed E-state index contributed by atoms with van der Waals surface area (Å²) in [5, 5.41) is 9.51. The van der Waals surface area contributed by atoms with E-state index in [1.54, 1.807) is 38.7 Å². The highest BCUT2D eigenvalue weighted by atomic mass is 32.2. The molecular formula is C26H36N2O5S2. The molecule has 35 heavy (non-hydrogen) atoms. The molecule has 0 bridgehead atoms. The highest BCUT2D eigenvalue weighted by Crippen LogP contribution is 2.44. The van der Waals surface area contributed by atoms with Crippen LogP contribution in [0.25, 0.3) is 0 Å². The standard InChI is InChI=1S/C26H36N2O5S2/c1-6-8-12-20-17-28(19-13-10-9-11-14-19)21-15-23(34-7-2)22(33-18-26(3,4)25(29)30)16-24(21)35(31,32)27(20)5/h9-11,13-16,20H,6-8,12,17-18H2,1-5H3,(H,29,30)/t20-/m1/s1. The van der Waals surface area contributed by atoms with Gasteiger partial charge in [-0.1, -0.05) is 44.9 Å². The molecule has 0 radical (unpaired) electrons. The second-order valence-electron chi connectivity index (χ2n) is 9.44. The molecule has 192 valence electrons. The Hall–Kier alpha value is -2.23. The van der Waals surface area contributed by atoms with Gasteiger partial charge >= 0.3 is 5.97 Å². The van der Waals surface area contributed by atoms with E-state index in [-0.39, 0.29) is 17.5 Å². The maximum Gasteiger partial charge on any atom is 0.312 e. The summed E-state index contributed by atoms with van der Waals surface area (Å²) in [5.74, 6) is 0.175. The Balaban J connectivity index is 2.19. The molecule has 0 saturated heterocycles. The Kier molecular flexibility index (Phi) is 8.77. The van der Waals surface area contributed by atoms with E-state index < -0.39 is 21.4 Å². The van der Waals surface area contributed by atoms with E-state index >= 15 is 0 Å². The van der Waals surface area contributed by atoms with Gasteiger partial charge < -0.3 is 14.7 Å². The lowest BCUT2D eigenvalue weighted by atomic mass is 9.95. The first-order valence-corrected chi connectivity index (χ1v) is 14.4. The van der Waals surface area contributed by atoms with Crippen LogP contribution in [0.15, 0.2) is 52.3 Å². The number of nitrogens with zero attached hydrogens (tertiary/aromatic N) is 2. The first-order valence-electron chi connectivity index (χ1n) is 12.0. The minimum Gasteiger partial charge on any atom is -0.491 e. The summed E-state index contributed by atoms with van der Waals surface area (Å²) >= 11 is 1.55. The molecule has 1 aliphatic rings. The fraction of sp³-hybridized carbons (Fsp3) is 0.500. The van der Waals surface area contributed by atoms with Crippen LogP contribution in [0.5, 0.6) is 5.75 Å². The van der Waals surface area contributed by atoms with Crippen LogP contribution in [0.4, 0.5) is 11.4 Å². The van der Waals surface area contributed by atoms with Gasteiger partial charge in [0.1, 0.15) is 17.3 Å². The summed E-state index contributed by atoms with van der Waals surface area (Å²) in [6, 6.07) is 13.1. The van der Waals surface area contributed by atoms with E-state index in [0.29, 0.717) is 18.0 Å². The number of likely N-dealkylation sites (N-methyl/N-ethyl adjacent to an activating group) is 1. The number of hydrogen-bond donors (Lipinski definition) is 1. The zero-order valence-electron chi connectivity index (χ0n) is 21.2. The Labute approximate surface area is 213 Å². The van der Waals surface area contributed by atoms with Crippen LogP contribution in [-0.2, 0) is 14.8 Å². The Morgan fingerprint density at radius 2 is 1.89 bits per heavy atom. The highest BCUT2D eigenvalue weighted by Gasteiger charge is 2.38. The number of rotatable bonds is 10. The van der Waals surface area contributed by atoms with Crippen LogP contribution in [0.2, 0.25) is 0 Å². The normalized spacial score (nSPS) is 18.1. The lowest BCUT2D eigenvalue weighted by Crippen LogP contribution is -2.40. The monoisotopic (exact) mass is 520 g/mol.